The molecule has 0 bridgehead atoms. The van der Waals surface area contributed by atoms with Crippen LogP contribution in [0, 0.1) is 29.5 Å². The van der Waals surface area contributed by atoms with E-state index in [2.05, 4.69) is 4.85 Å². The zero-order valence-electron chi connectivity index (χ0n) is 12.3. The summed E-state index contributed by atoms with van der Waals surface area (Å²) in [7, 11) is -6.03. The summed E-state index contributed by atoms with van der Waals surface area (Å²) in [5.74, 6) is -3.82. The molecule has 2 aromatic carbocycles. The van der Waals surface area contributed by atoms with Crippen LogP contribution in [0.25, 0.3) is 4.85 Å². The van der Waals surface area contributed by atoms with Crippen molar-refractivity contribution in [1.29, 1.82) is 5.26 Å². The first-order valence-electron chi connectivity index (χ1n) is 6.41. The monoisotopic (exact) mass is 388 g/mol. The Balaban J connectivity index is 2.58. The van der Waals surface area contributed by atoms with Gasteiger partial charge in [0.05, 0.1) is 6.57 Å². The van der Waals surface area contributed by atoms with E-state index in [-0.39, 0.29) is 17.5 Å². The third-order valence-corrected chi connectivity index (χ3v) is 4.49. The maximum atomic E-state index is 14.2. The molecule has 5 nitrogen and oxygen atoms in total. The Kier molecular flexibility index (Phi) is 4.87. The average molecular weight is 388 g/mol. The van der Waals surface area contributed by atoms with Crippen LogP contribution in [0.1, 0.15) is 5.56 Å². The highest BCUT2D eigenvalue weighted by Crippen LogP contribution is 2.36. The number of alkyl halides is 3. The van der Waals surface area contributed by atoms with Crippen LogP contribution in [0.4, 0.5) is 27.6 Å². The maximum Gasteiger partial charge on any atom is 0.502 e. The van der Waals surface area contributed by atoms with E-state index in [0.717, 1.165) is 18.2 Å². The van der Waals surface area contributed by atoms with Gasteiger partial charge in [0.25, 0.3) is 9.84 Å². The number of ether oxygens (including phenoxy) is 1. The van der Waals surface area contributed by atoms with E-state index in [4.69, 9.17) is 16.6 Å². The molecule has 0 saturated carbocycles. The molecule has 2 aromatic rings. The summed E-state index contributed by atoms with van der Waals surface area (Å²) in [5.41, 5.74) is -7.07. The zero-order valence-corrected chi connectivity index (χ0v) is 13.1. The fourth-order valence-corrected chi connectivity index (χ4v) is 2.69. The Hall–Kier alpha value is -3.18. The van der Waals surface area contributed by atoms with Crippen molar-refractivity contribution in [1.82, 2.24) is 0 Å². The Morgan fingerprint density at radius 1 is 1.15 bits per heavy atom. The molecule has 0 aliphatic heterocycles. The molecule has 0 atom stereocenters. The van der Waals surface area contributed by atoms with Gasteiger partial charge in [-0.25, -0.2) is 22.0 Å². The van der Waals surface area contributed by atoms with Crippen molar-refractivity contribution in [3.63, 3.8) is 0 Å². The highest BCUT2D eigenvalue weighted by molar-refractivity contribution is 7.92. The number of rotatable bonds is 3. The maximum absolute atomic E-state index is 14.2. The van der Waals surface area contributed by atoms with E-state index >= 15 is 0 Å². The second kappa shape index (κ2) is 6.61. The minimum absolute atomic E-state index is 0.185. The van der Waals surface area contributed by atoms with Crippen molar-refractivity contribution in [2.75, 3.05) is 0 Å². The summed E-state index contributed by atoms with van der Waals surface area (Å²) >= 11 is 0. The lowest BCUT2D eigenvalue weighted by molar-refractivity contribution is -0.0437. The van der Waals surface area contributed by atoms with Gasteiger partial charge < -0.3 is 4.74 Å². The molecular formula is C15H5F5N2O3S. The topological polar surface area (TPSA) is 71.5 Å². The van der Waals surface area contributed by atoms with Gasteiger partial charge in [-0.05, 0) is 24.3 Å². The predicted molar refractivity (Wildman–Crippen MR) is 77.1 cm³/mol. The quantitative estimate of drug-likeness (QED) is 0.575. The van der Waals surface area contributed by atoms with Crippen LogP contribution in [0.2, 0.25) is 0 Å². The second-order valence-corrected chi connectivity index (χ2v) is 6.58. The van der Waals surface area contributed by atoms with Crippen molar-refractivity contribution < 1.29 is 35.1 Å². The lowest BCUT2D eigenvalue weighted by atomic mass is 10.2. The van der Waals surface area contributed by atoms with Gasteiger partial charge in [0.15, 0.2) is 11.5 Å². The molecule has 0 heterocycles. The van der Waals surface area contributed by atoms with Crippen LogP contribution in [0.15, 0.2) is 35.2 Å². The van der Waals surface area contributed by atoms with Crippen molar-refractivity contribution in [3.05, 3.63) is 58.9 Å². The third-order valence-electron chi connectivity index (χ3n) is 2.99. The lowest BCUT2D eigenvalue weighted by Crippen LogP contribution is -2.24. The van der Waals surface area contributed by atoms with Crippen molar-refractivity contribution in [2.45, 2.75) is 10.4 Å². The predicted octanol–water partition coefficient (Wildman–Crippen LogP) is 4.47. The van der Waals surface area contributed by atoms with E-state index in [1.165, 1.54) is 6.07 Å². The van der Waals surface area contributed by atoms with Crippen LogP contribution < -0.4 is 4.74 Å². The number of nitrogens with zero attached hydrogens (tertiary/aromatic N) is 2. The summed E-state index contributed by atoms with van der Waals surface area (Å²) in [6.45, 7) is 6.80. The normalized spacial score (nSPS) is 11.5. The molecule has 0 aromatic heterocycles. The molecule has 0 N–H and O–H groups in total. The molecule has 0 saturated heterocycles. The van der Waals surface area contributed by atoms with Crippen LogP contribution in [-0.4, -0.2) is 13.9 Å². The van der Waals surface area contributed by atoms with Crippen LogP contribution in [-0.2, 0) is 9.84 Å². The fourth-order valence-electron chi connectivity index (χ4n) is 1.86. The second-order valence-electron chi connectivity index (χ2n) is 4.67. The summed E-state index contributed by atoms with van der Waals surface area (Å²) in [6.07, 6.45) is 0. The highest BCUT2D eigenvalue weighted by atomic mass is 32.2. The molecule has 0 fully saturated rings. The molecule has 0 radical (unpaired) electrons. The molecule has 11 heteroatoms. The van der Waals surface area contributed by atoms with Gasteiger partial charge in [-0.3, -0.25) is 0 Å². The van der Waals surface area contributed by atoms with Gasteiger partial charge in [-0.2, -0.15) is 18.4 Å². The van der Waals surface area contributed by atoms with E-state index in [9.17, 15) is 30.4 Å². The summed E-state index contributed by atoms with van der Waals surface area (Å²) in [6, 6.07) is 4.80. The standard InChI is InChI=1S/C15H5F5N2O3S/c1-22-9-4-8(16)5-10(6-9)25-12-2-3-13(14(17)11(12)7-21)26(23,24)15(18,19)20/h2-6H. The Morgan fingerprint density at radius 3 is 2.35 bits per heavy atom. The first-order valence-corrected chi connectivity index (χ1v) is 7.89. The molecule has 0 aliphatic rings. The lowest BCUT2D eigenvalue weighted by Gasteiger charge is -2.13. The van der Waals surface area contributed by atoms with Crippen LogP contribution >= 0.6 is 0 Å². The molecule has 0 aliphatic carbocycles. The number of nitriles is 1. The number of sulfone groups is 1. The SMILES string of the molecule is [C-]#[N+]c1cc(F)cc(Oc2ccc(S(=O)(=O)C(F)(F)F)c(F)c2C#N)c1. The van der Waals surface area contributed by atoms with Gasteiger partial charge in [-0.1, -0.05) is 0 Å². The van der Waals surface area contributed by atoms with E-state index in [1.807, 2.05) is 0 Å². The Bertz CT molecular complexity index is 1070. The van der Waals surface area contributed by atoms with Gasteiger partial charge in [0.1, 0.15) is 33.8 Å². The van der Waals surface area contributed by atoms with Gasteiger partial charge in [0.2, 0.25) is 0 Å². The molecule has 0 unspecified atom stereocenters. The van der Waals surface area contributed by atoms with Crippen LogP contribution in [0.5, 0.6) is 11.5 Å². The molecule has 134 valence electrons. The summed E-state index contributed by atoms with van der Waals surface area (Å²) in [5, 5.41) is 8.96. The van der Waals surface area contributed by atoms with Crippen molar-refractivity contribution >= 4 is 15.5 Å². The highest BCUT2D eigenvalue weighted by Gasteiger charge is 2.48. The smallest absolute Gasteiger partial charge is 0.457 e. The number of hydrogen-bond donors (Lipinski definition) is 0. The van der Waals surface area contributed by atoms with Crippen molar-refractivity contribution in [2.24, 2.45) is 0 Å². The van der Waals surface area contributed by atoms with E-state index in [0.29, 0.717) is 6.07 Å². The molecular weight excluding hydrogens is 383 g/mol. The van der Waals surface area contributed by atoms with Crippen LogP contribution in [0.3, 0.4) is 0 Å². The largest absolute Gasteiger partial charge is 0.502 e. The fraction of sp³-hybridized carbons (Fsp3) is 0.0667. The summed E-state index contributed by atoms with van der Waals surface area (Å²) < 4.78 is 93.0. The Labute approximate surface area is 143 Å². The zero-order chi connectivity index (χ0) is 19.7. The third kappa shape index (κ3) is 3.43. The summed E-state index contributed by atoms with van der Waals surface area (Å²) in [4.78, 5) is 1.21. The molecule has 0 amide bonds. The number of hydrogen-bond acceptors (Lipinski definition) is 4. The minimum atomic E-state index is -6.03. The van der Waals surface area contributed by atoms with E-state index < -0.39 is 43.2 Å². The molecule has 0 spiro atoms. The molecule has 2 rings (SSSR count). The minimum Gasteiger partial charge on any atom is -0.457 e. The first kappa shape index (κ1) is 19.1. The van der Waals surface area contributed by atoms with Gasteiger partial charge >= 0.3 is 5.51 Å². The van der Waals surface area contributed by atoms with Gasteiger partial charge in [-0.15, -0.1) is 0 Å². The van der Waals surface area contributed by atoms with Gasteiger partial charge in [0, 0.05) is 6.07 Å². The number of halogens is 5. The van der Waals surface area contributed by atoms with Crippen molar-refractivity contribution in [3.8, 4) is 17.6 Å². The Morgan fingerprint density at radius 2 is 1.81 bits per heavy atom. The molecule has 26 heavy (non-hydrogen) atoms. The first-order chi connectivity index (χ1) is 12.0. The number of benzene rings is 2. The average Bonchev–Trinajstić information content (AvgIpc) is 2.53. The van der Waals surface area contributed by atoms with E-state index in [1.54, 1.807) is 0 Å².